The van der Waals surface area contributed by atoms with E-state index in [1.807, 2.05) is 0 Å². The molecule has 0 radical (unpaired) electrons. The molecule has 2 N–H and O–H groups in total. The third kappa shape index (κ3) is 3.08. The highest BCUT2D eigenvalue weighted by Gasteiger charge is 1.98. The monoisotopic (exact) mass is 187 g/mol. The molecule has 0 spiro atoms. The highest BCUT2D eigenvalue weighted by atomic mass is 16.5. The first-order valence-electron chi connectivity index (χ1n) is 3.59. The van der Waals surface area contributed by atoms with Crippen LogP contribution in [0.15, 0.2) is 11.1 Å². The zero-order valence-electron chi connectivity index (χ0n) is 6.77. The van der Waals surface area contributed by atoms with Crippen molar-refractivity contribution in [1.29, 1.82) is 0 Å². The standard InChI is InChI=1S/C6H9N3O4/c10-5(11)3-13-2-1-9-4-7-8-6(9)12/h4H,1-3H2,(H,8,12)(H,10,11). The summed E-state index contributed by atoms with van der Waals surface area (Å²) in [5, 5.41) is 13.9. The summed E-state index contributed by atoms with van der Waals surface area (Å²) in [6.45, 7) is 0.112. The van der Waals surface area contributed by atoms with Crippen LogP contribution in [0.3, 0.4) is 0 Å². The van der Waals surface area contributed by atoms with E-state index in [4.69, 9.17) is 9.84 Å². The van der Waals surface area contributed by atoms with Crippen molar-refractivity contribution in [3.8, 4) is 0 Å². The first-order valence-corrected chi connectivity index (χ1v) is 3.59. The Morgan fingerprint density at radius 2 is 2.54 bits per heavy atom. The summed E-state index contributed by atoms with van der Waals surface area (Å²) in [5.74, 6) is -1.03. The molecule has 0 aliphatic heterocycles. The number of aliphatic carboxylic acids is 1. The molecule has 0 aromatic carbocycles. The molecule has 0 atom stereocenters. The van der Waals surface area contributed by atoms with Gasteiger partial charge in [0.05, 0.1) is 13.2 Å². The molecule has 1 aromatic heterocycles. The van der Waals surface area contributed by atoms with E-state index in [0.717, 1.165) is 0 Å². The number of aromatic nitrogens is 3. The Kier molecular flexibility index (Phi) is 3.21. The van der Waals surface area contributed by atoms with Gasteiger partial charge in [-0.05, 0) is 0 Å². The van der Waals surface area contributed by atoms with Crippen LogP contribution < -0.4 is 5.69 Å². The predicted octanol–water partition coefficient (Wildman–Crippen LogP) is -1.33. The highest BCUT2D eigenvalue weighted by Crippen LogP contribution is 1.79. The number of nitrogens with one attached hydrogen (secondary N) is 1. The molecular weight excluding hydrogens is 178 g/mol. The SMILES string of the molecule is O=C(O)COCCn1cn[nH]c1=O. The fraction of sp³-hybridized carbons (Fsp3) is 0.500. The fourth-order valence-corrected chi connectivity index (χ4v) is 0.752. The van der Waals surface area contributed by atoms with Crippen LogP contribution in [0.1, 0.15) is 0 Å². The quantitative estimate of drug-likeness (QED) is 0.557. The van der Waals surface area contributed by atoms with Gasteiger partial charge in [0, 0.05) is 0 Å². The van der Waals surface area contributed by atoms with Gasteiger partial charge in [0.2, 0.25) is 0 Å². The van der Waals surface area contributed by atoms with Crippen LogP contribution in [-0.2, 0) is 16.1 Å². The molecule has 0 aliphatic rings. The largest absolute Gasteiger partial charge is 0.480 e. The molecule has 0 bridgehead atoms. The van der Waals surface area contributed by atoms with Gasteiger partial charge in [-0.15, -0.1) is 0 Å². The molecule has 0 aliphatic carbocycles. The zero-order chi connectivity index (χ0) is 9.68. The first-order chi connectivity index (χ1) is 6.20. The maximum absolute atomic E-state index is 10.8. The average molecular weight is 187 g/mol. The van der Waals surface area contributed by atoms with Gasteiger partial charge < -0.3 is 9.84 Å². The van der Waals surface area contributed by atoms with Crippen LogP contribution in [0.4, 0.5) is 0 Å². The Labute approximate surface area is 72.9 Å². The van der Waals surface area contributed by atoms with Crippen molar-refractivity contribution >= 4 is 5.97 Å². The summed E-state index contributed by atoms with van der Waals surface area (Å²) in [6.07, 6.45) is 1.33. The zero-order valence-corrected chi connectivity index (χ0v) is 6.77. The summed E-state index contributed by atoms with van der Waals surface area (Å²) >= 11 is 0. The van der Waals surface area contributed by atoms with Crippen molar-refractivity contribution < 1.29 is 14.6 Å². The highest BCUT2D eigenvalue weighted by molar-refractivity contribution is 5.67. The maximum Gasteiger partial charge on any atom is 0.343 e. The molecule has 0 unspecified atom stereocenters. The van der Waals surface area contributed by atoms with Crippen LogP contribution in [0.5, 0.6) is 0 Å². The molecule has 1 heterocycles. The van der Waals surface area contributed by atoms with Gasteiger partial charge >= 0.3 is 11.7 Å². The minimum Gasteiger partial charge on any atom is -0.480 e. The van der Waals surface area contributed by atoms with E-state index in [1.165, 1.54) is 10.9 Å². The van der Waals surface area contributed by atoms with Gasteiger partial charge in [-0.25, -0.2) is 14.7 Å². The molecule has 0 saturated carbocycles. The van der Waals surface area contributed by atoms with E-state index < -0.39 is 5.97 Å². The molecule has 72 valence electrons. The summed E-state index contributed by atoms with van der Waals surface area (Å²) in [4.78, 5) is 20.8. The summed E-state index contributed by atoms with van der Waals surface area (Å²) < 4.78 is 6.02. The number of hydrogen-bond acceptors (Lipinski definition) is 4. The normalized spacial score (nSPS) is 10.2. The van der Waals surface area contributed by atoms with Crippen molar-refractivity contribution in [2.75, 3.05) is 13.2 Å². The Balaban J connectivity index is 2.24. The summed E-state index contributed by atoms with van der Waals surface area (Å²) in [7, 11) is 0. The lowest BCUT2D eigenvalue weighted by Gasteiger charge is -1.99. The van der Waals surface area contributed by atoms with Gasteiger partial charge in [-0.2, -0.15) is 5.10 Å². The second kappa shape index (κ2) is 4.41. The fourth-order valence-electron chi connectivity index (χ4n) is 0.752. The minimum atomic E-state index is -1.03. The van der Waals surface area contributed by atoms with E-state index in [0.29, 0.717) is 6.54 Å². The molecule has 7 heteroatoms. The van der Waals surface area contributed by atoms with Gasteiger partial charge in [0.25, 0.3) is 0 Å². The van der Waals surface area contributed by atoms with Crippen LogP contribution in [-0.4, -0.2) is 39.1 Å². The Morgan fingerprint density at radius 1 is 1.77 bits per heavy atom. The number of ether oxygens (including phenoxy) is 1. The number of nitrogens with zero attached hydrogens (tertiary/aromatic N) is 2. The number of hydrogen-bond donors (Lipinski definition) is 2. The minimum absolute atomic E-state index is 0.172. The number of carboxylic acids is 1. The molecule has 1 rings (SSSR count). The molecule has 0 saturated heterocycles. The molecule has 13 heavy (non-hydrogen) atoms. The molecule has 0 fully saturated rings. The second-order valence-corrected chi connectivity index (χ2v) is 2.30. The number of aromatic amines is 1. The van der Waals surface area contributed by atoms with Crippen LogP contribution in [0.25, 0.3) is 0 Å². The average Bonchev–Trinajstić information content (AvgIpc) is 2.45. The molecular formula is C6H9N3O4. The van der Waals surface area contributed by atoms with Crippen molar-refractivity contribution in [3.05, 3.63) is 16.8 Å². The smallest absolute Gasteiger partial charge is 0.343 e. The van der Waals surface area contributed by atoms with Gasteiger partial charge in [-0.3, -0.25) is 4.57 Å². The molecule has 7 nitrogen and oxygen atoms in total. The number of carbonyl (C=O) groups is 1. The molecule has 0 amide bonds. The number of carboxylic acid groups (broad SMARTS) is 1. The van der Waals surface area contributed by atoms with Crippen molar-refractivity contribution in [3.63, 3.8) is 0 Å². The van der Waals surface area contributed by atoms with Crippen LogP contribution in [0.2, 0.25) is 0 Å². The van der Waals surface area contributed by atoms with Crippen LogP contribution >= 0.6 is 0 Å². The molecule has 1 aromatic rings. The van der Waals surface area contributed by atoms with E-state index in [2.05, 4.69) is 10.2 Å². The van der Waals surface area contributed by atoms with Crippen molar-refractivity contribution in [2.45, 2.75) is 6.54 Å². The number of H-pyrrole nitrogens is 1. The van der Waals surface area contributed by atoms with E-state index in [9.17, 15) is 9.59 Å². The lowest BCUT2D eigenvalue weighted by molar-refractivity contribution is -0.142. The predicted molar refractivity (Wildman–Crippen MR) is 41.3 cm³/mol. The lowest BCUT2D eigenvalue weighted by atomic mass is 10.6. The third-order valence-electron chi connectivity index (χ3n) is 1.32. The van der Waals surface area contributed by atoms with Crippen molar-refractivity contribution in [1.82, 2.24) is 14.8 Å². The topological polar surface area (TPSA) is 97.2 Å². The van der Waals surface area contributed by atoms with E-state index >= 15 is 0 Å². The summed E-state index contributed by atoms with van der Waals surface area (Å²) in [5.41, 5.74) is -0.334. The lowest BCUT2D eigenvalue weighted by Crippen LogP contribution is -2.20. The number of rotatable bonds is 5. The van der Waals surface area contributed by atoms with Crippen LogP contribution in [0, 0.1) is 0 Å². The Hall–Kier alpha value is -1.63. The second-order valence-electron chi connectivity index (χ2n) is 2.30. The van der Waals surface area contributed by atoms with Gasteiger partial charge in [-0.1, -0.05) is 0 Å². The van der Waals surface area contributed by atoms with Gasteiger partial charge in [0.1, 0.15) is 12.9 Å². The third-order valence-corrected chi connectivity index (χ3v) is 1.32. The Bertz CT molecular complexity index is 329. The maximum atomic E-state index is 10.8. The van der Waals surface area contributed by atoms with Gasteiger partial charge in [0.15, 0.2) is 0 Å². The van der Waals surface area contributed by atoms with E-state index in [1.54, 1.807) is 0 Å². The Morgan fingerprint density at radius 3 is 3.08 bits per heavy atom. The van der Waals surface area contributed by atoms with E-state index in [-0.39, 0.29) is 18.9 Å². The summed E-state index contributed by atoms with van der Waals surface area (Å²) in [6, 6.07) is 0. The first kappa shape index (κ1) is 9.46. The van der Waals surface area contributed by atoms with Crippen molar-refractivity contribution in [2.24, 2.45) is 0 Å².